The van der Waals surface area contributed by atoms with Crippen molar-refractivity contribution >= 4 is 28.7 Å². The number of anilines is 2. The predicted molar refractivity (Wildman–Crippen MR) is 111 cm³/mol. The molecule has 3 aromatic rings. The maximum absolute atomic E-state index is 12.6. The molecule has 5 heteroatoms. The fraction of sp³-hybridized carbons (Fsp3) is 0.136. The molecule has 0 heterocycles. The Morgan fingerprint density at radius 1 is 0.667 bits per heavy atom. The highest BCUT2D eigenvalue weighted by Crippen LogP contribution is 2.22. The highest BCUT2D eigenvalue weighted by molar-refractivity contribution is 6.05. The molecule has 0 unspecified atom stereocenters. The molecule has 3 rings (SSSR count). The maximum atomic E-state index is 12.6. The Balaban J connectivity index is 1.68. The van der Waals surface area contributed by atoms with E-state index < -0.39 is 0 Å². The Kier molecular flexibility index (Phi) is 5.61. The van der Waals surface area contributed by atoms with Crippen molar-refractivity contribution < 1.29 is 4.79 Å². The minimum atomic E-state index is -0.0658. The van der Waals surface area contributed by atoms with E-state index in [-0.39, 0.29) is 5.91 Å². The van der Waals surface area contributed by atoms with Gasteiger partial charge in [-0.15, -0.1) is 0 Å². The Morgan fingerprint density at radius 2 is 1.19 bits per heavy atom. The lowest BCUT2D eigenvalue weighted by atomic mass is 10.1. The molecule has 136 valence electrons. The molecule has 0 atom stereocenters. The van der Waals surface area contributed by atoms with Gasteiger partial charge in [0, 0.05) is 38.1 Å². The van der Waals surface area contributed by atoms with Gasteiger partial charge in [0.25, 0.3) is 5.91 Å². The second kappa shape index (κ2) is 8.27. The van der Waals surface area contributed by atoms with Crippen LogP contribution in [-0.4, -0.2) is 27.1 Å². The van der Waals surface area contributed by atoms with E-state index in [0.717, 1.165) is 17.1 Å². The van der Waals surface area contributed by atoms with Crippen molar-refractivity contribution in [1.82, 2.24) is 0 Å². The van der Waals surface area contributed by atoms with Crippen molar-refractivity contribution in [2.75, 3.05) is 30.9 Å². The number of azo groups is 1. The van der Waals surface area contributed by atoms with Crippen LogP contribution in [0.2, 0.25) is 0 Å². The van der Waals surface area contributed by atoms with E-state index in [0.29, 0.717) is 11.3 Å². The summed E-state index contributed by atoms with van der Waals surface area (Å²) < 4.78 is 0. The third-order valence-corrected chi connectivity index (χ3v) is 4.21. The topological polar surface area (TPSA) is 48.3 Å². The summed E-state index contributed by atoms with van der Waals surface area (Å²) in [6.45, 7) is 0. The summed E-state index contributed by atoms with van der Waals surface area (Å²) >= 11 is 0. The highest BCUT2D eigenvalue weighted by atomic mass is 16.2. The van der Waals surface area contributed by atoms with Crippen molar-refractivity contribution in [2.24, 2.45) is 10.2 Å². The van der Waals surface area contributed by atoms with Crippen molar-refractivity contribution in [2.45, 2.75) is 0 Å². The van der Waals surface area contributed by atoms with Crippen LogP contribution < -0.4 is 9.80 Å². The van der Waals surface area contributed by atoms with E-state index >= 15 is 0 Å². The minimum absolute atomic E-state index is 0.0658. The van der Waals surface area contributed by atoms with Gasteiger partial charge in [-0.3, -0.25) is 4.79 Å². The van der Waals surface area contributed by atoms with Gasteiger partial charge < -0.3 is 9.80 Å². The van der Waals surface area contributed by atoms with Gasteiger partial charge in [-0.1, -0.05) is 18.2 Å². The van der Waals surface area contributed by atoms with E-state index in [2.05, 4.69) is 10.2 Å². The number of carbonyl (C=O) groups excluding carboxylic acids is 1. The quantitative estimate of drug-likeness (QED) is 0.570. The zero-order valence-corrected chi connectivity index (χ0v) is 15.7. The molecular weight excluding hydrogens is 336 g/mol. The first-order valence-corrected chi connectivity index (χ1v) is 8.67. The van der Waals surface area contributed by atoms with Gasteiger partial charge in [0.2, 0.25) is 0 Å². The molecule has 0 saturated heterocycles. The van der Waals surface area contributed by atoms with Crippen LogP contribution in [-0.2, 0) is 0 Å². The van der Waals surface area contributed by atoms with Crippen LogP contribution in [0.25, 0.3) is 0 Å². The predicted octanol–water partition coefficient (Wildman–Crippen LogP) is 5.44. The van der Waals surface area contributed by atoms with Crippen LogP contribution in [0, 0.1) is 0 Å². The monoisotopic (exact) mass is 358 g/mol. The van der Waals surface area contributed by atoms with Crippen molar-refractivity contribution in [3.05, 3.63) is 84.4 Å². The standard InChI is InChI=1S/C22H22N4O/c1-25(2)20-15-13-19(14-16-20)24-23-18-11-9-17(10-12-18)22(27)26(3)21-7-5-4-6-8-21/h4-16H,1-3H3. The van der Waals surface area contributed by atoms with E-state index in [1.807, 2.05) is 73.6 Å². The summed E-state index contributed by atoms with van der Waals surface area (Å²) in [5.74, 6) is -0.0658. The number of hydrogen-bond donors (Lipinski definition) is 0. The Morgan fingerprint density at radius 3 is 1.70 bits per heavy atom. The van der Waals surface area contributed by atoms with Crippen molar-refractivity contribution in [3.63, 3.8) is 0 Å². The van der Waals surface area contributed by atoms with Gasteiger partial charge in [0.05, 0.1) is 11.4 Å². The second-order valence-corrected chi connectivity index (χ2v) is 6.36. The molecule has 0 radical (unpaired) electrons. The van der Waals surface area contributed by atoms with Gasteiger partial charge in [0.1, 0.15) is 0 Å². The minimum Gasteiger partial charge on any atom is -0.378 e. The molecule has 0 aromatic heterocycles. The lowest BCUT2D eigenvalue weighted by Gasteiger charge is -2.17. The van der Waals surface area contributed by atoms with E-state index in [1.165, 1.54) is 0 Å². The molecule has 0 aliphatic carbocycles. The smallest absolute Gasteiger partial charge is 0.258 e. The van der Waals surface area contributed by atoms with Crippen LogP contribution in [0.3, 0.4) is 0 Å². The van der Waals surface area contributed by atoms with Crippen molar-refractivity contribution in [1.29, 1.82) is 0 Å². The van der Waals surface area contributed by atoms with Gasteiger partial charge in [-0.25, -0.2) is 0 Å². The second-order valence-electron chi connectivity index (χ2n) is 6.36. The lowest BCUT2D eigenvalue weighted by Crippen LogP contribution is -2.25. The average molecular weight is 358 g/mol. The number of nitrogens with zero attached hydrogens (tertiary/aromatic N) is 4. The fourth-order valence-electron chi connectivity index (χ4n) is 2.57. The molecule has 3 aromatic carbocycles. The van der Waals surface area contributed by atoms with Gasteiger partial charge in [0.15, 0.2) is 0 Å². The summed E-state index contributed by atoms with van der Waals surface area (Å²) in [6, 6.07) is 24.5. The molecule has 0 spiro atoms. The molecule has 27 heavy (non-hydrogen) atoms. The largest absolute Gasteiger partial charge is 0.378 e. The fourth-order valence-corrected chi connectivity index (χ4v) is 2.57. The molecular formula is C22H22N4O. The molecule has 0 N–H and O–H groups in total. The van der Waals surface area contributed by atoms with Crippen molar-refractivity contribution in [3.8, 4) is 0 Å². The summed E-state index contributed by atoms with van der Waals surface area (Å²) in [5, 5.41) is 8.49. The number of carbonyl (C=O) groups is 1. The van der Waals surface area contributed by atoms with Crippen LogP contribution in [0.5, 0.6) is 0 Å². The number of para-hydroxylation sites is 1. The molecule has 0 aliphatic heterocycles. The Hall–Kier alpha value is -3.47. The van der Waals surface area contributed by atoms with Crippen LogP contribution in [0.4, 0.5) is 22.7 Å². The van der Waals surface area contributed by atoms with Crippen LogP contribution in [0.15, 0.2) is 89.1 Å². The van der Waals surface area contributed by atoms with E-state index in [9.17, 15) is 4.79 Å². The molecule has 0 aliphatic rings. The molecule has 0 bridgehead atoms. The van der Waals surface area contributed by atoms with Crippen LogP contribution in [0.1, 0.15) is 10.4 Å². The lowest BCUT2D eigenvalue weighted by molar-refractivity contribution is 0.0993. The highest BCUT2D eigenvalue weighted by Gasteiger charge is 2.12. The Labute approximate surface area is 159 Å². The van der Waals surface area contributed by atoms with Gasteiger partial charge >= 0.3 is 0 Å². The summed E-state index contributed by atoms with van der Waals surface area (Å²) in [5.41, 5.74) is 4.05. The molecule has 0 fully saturated rings. The zero-order valence-electron chi connectivity index (χ0n) is 15.7. The molecule has 0 saturated carbocycles. The number of hydrogen-bond acceptors (Lipinski definition) is 4. The first-order valence-electron chi connectivity index (χ1n) is 8.67. The number of rotatable bonds is 5. The zero-order chi connectivity index (χ0) is 19.2. The summed E-state index contributed by atoms with van der Waals surface area (Å²) in [4.78, 5) is 16.2. The Bertz CT molecular complexity index is 917. The van der Waals surface area contributed by atoms with Gasteiger partial charge in [-0.2, -0.15) is 10.2 Å². The summed E-state index contributed by atoms with van der Waals surface area (Å²) in [7, 11) is 5.76. The third kappa shape index (κ3) is 4.58. The summed E-state index contributed by atoms with van der Waals surface area (Å²) in [6.07, 6.45) is 0. The first kappa shape index (κ1) is 18.3. The van der Waals surface area contributed by atoms with Gasteiger partial charge in [-0.05, 0) is 60.7 Å². The first-order chi connectivity index (χ1) is 13.0. The normalized spacial score (nSPS) is 10.8. The molecule has 5 nitrogen and oxygen atoms in total. The molecule has 1 amide bonds. The van der Waals surface area contributed by atoms with E-state index in [4.69, 9.17) is 0 Å². The van der Waals surface area contributed by atoms with E-state index in [1.54, 1.807) is 36.2 Å². The average Bonchev–Trinajstić information content (AvgIpc) is 2.72. The third-order valence-electron chi connectivity index (χ3n) is 4.21. The number of amides is 1. The number of benzene rings is 3. The maximum Gasteiger partial charge on any atom is 0.258 e. The van der Waals surface area contributed by atoms with Crippen LogP contribution >= 0.6 is 0 Å². The SMILES string of the molecule is CN(C)c1ccc(N=Nc2ccc(C(=O)N(C)c3ccccc3)cc2)cc1.